The van der Waals surface area contributed by atoms with E-state index in [0.29, 0.717) is 63.3 Å². The fraction of sp³-hybridized carbons (Fsp3) is 0.574. The molecule has 3 saturated heterocycles. The molecule has 1 unspecified atom stereocenters. The summed E-state index contributed by atoms with van der Waals surface area (Å²) in [5.74, 6) is 0.0473. The monoisotopic (exact) mass is 1150 g/mol. The number of hydrogen-bond acceptors (Lipinski definition) is 13. The summed E-state index contributed by atoms with van der Waals surface area (Å²) in [5, 5.41) is 21.5. The number of nitrogens with one attached hydrogen (secondary N) is 4. The molecule has 3 aliphatic rings. The number of amides is 5. The fourth-order valence-corrected chi connectivity index (χ4v) is 12.4. The van der Waals surface area contributed by atoms with Crippen molar-refractivity contribution in [2.45, 2.75) is 167 Å². The van der Waals surface area contributed by atoms with Crippen molar-refractivity contribution in [3.8, 4) is 10.4 Å². The summed E-state index contributed by atoms with van der Waals surface area (Å²) in [6.07, 6.45) is 15.5. The maximum Gasteiger partial charge on any atom is 0.246 e. The summed E-state index contributed by atoms with van der Waals surface area (Å²) >= 11 is 7.85. The number of aromatic nitrogens is 4. The van der Waals surface area contributed by atoms with Gasteiger partial charge in [-0.1, -0.05) is 120 Å². The number of likely N-dealkylation sites (tertiary alicyclic amines) is 1. The predicted octanol–water partition coefficient (Wildman–Crippen LogP) is 8.22. The highest BCUT2D eigenvalue weighted by molar-refractivity contribution is 7.13. The molecule has 5 aromatic rings. The lowest BCUT2D eigenvalue weighted by Gasteiger charge is -2.39. The molecule has 2 aromatic carbocycles. The number of rotatable bonds is 26. The zero-order valence-corrected chi connectivity index (χ0v) is 49.5. The highest BCUT2D eigenvalue weighted by atomic mass is 35.5. The first-order valence-electron chi connectivity index (χ1n) is 29.4. The maximum atomic E-state index is 14.1. The predicted molar refractivity (Wildman–Crippen MR) is 319 cm³/mol. The van der Waals surface area contributed by atoms with Crippen molar-refractivity contribution >= 4 is 69.3 Å². The quantitative estimate of drug-likeness (QED) is 0.0288. The molecule has 18 nitrogen and oxygen atoms in total. The van der Waals surface area contributed by atoms with Crippen molar-refractivity contribution in [2.24, 2.45) is 11.1 Å². The standard InChI is InChI=1S/C61H85ClN12O6S/c1-42-53(81-41-68-42)45-19-17-43(18-20-45)38-65-57(78)50-37-47(75)39-74(50)58(79)54(60(2,3)4)70-51(76)15-13-11-9-7-5-6-8-10-12-14-16-52(77)72-35-33-71(34-36-72)30-26-49(44-21-23-46(62)24-22-44)69-59(80)61(63)27-31-73(32-28-61)56-48-25-29-64-55(48)66-40-67-56/h17-25,29,40-41,47,49-50,54,75H,5-16,26-28,30-39,63H2,1-4H3,(H,65,78)(H,69,80)(H,70,76)(H,64,66,67)/t47-,49+,50+,54?/m1/s1. The molecule has 3 fully saturated rings. The molecule has 81 heavy (non-hydrogen) atoms. The maximum absolute atomic E-state index is 14.1. The summed E-state index contributed by atoms with van der Waals surface area (Å²) in [6, 6.07) is 15.6. The summed E-state index contributed by atoms with van der Waals surface area (Å²) in [5.41, 5.74) is 11.8. The number of halogens is 1. The molecular weight excluding hydrogens is 1060 g/mol. The second-order valence-corrected chi connectivity index (χ2v) is 24.9. The summed E-state index contributed by atoms with van der Waals surface area (Å²) in [4.78, 5) is 93.4. The largest absolute Gasteiger partial charge is 0.391 e. The van der Waals surface area contributed by atoms with Crippen molar-refractivity contribution in [1.82, 2.24) is 50.6 Å². The van der Waals surface area contributed by atoms with Crippen LogP contribution in [-0.4, -0.2) is 145 Å². The number of H-pyrrole nitrogens is 1. The second-order valence-electron chi connectivity index (χ2n) is 23.6. The Hall–Kier alpha value is -5.99. The third kappa shape index (κ3) is 16.8. The highest BCUT2D eigenvalue weighted by Crippen LogP contribution is 2.32. The van der Waals surface area contributed by atoms with Crippen molar-refractivity contribution < 1.29 is 29.1 Å². The molecule has 0 spiro atoms. The Kier molecular flexibility index (Phi) is 21.7. The molecule has 4 atom stereocenters. The summed E-state index contributed by atoms with van der Waals surface area (Å²) in [6.45, 7) is 12.9. The first-order valence-corrected chi connectivity index (χ1v) is 30.6. The average Bonchev–Trinajstić information content (AvgIpc) is 4.48. The van der Waals surface area contributed by atoms with Crippen LogP contribution in [0.25, 0.3) is 21.5 Å². The van der Waals surface area contributed by atoms with E-state index in [1.54, 1.807) is 17.7 Å². The number of thiazole rings is 1. The minimum atomic E-state index is -1.01. The van der Waals surface area contributed by atoms with Gasteiger partial charge < -0.3 is 46.5 Å². The Morgan fingerprint density at radius 3 is 2.12 bits per heavy atom. The third-order valence-corrected chi connectivity index (χ3v) is 17.8. The zero-order chi connectivity index (χ0) is 57.5. The molecule has 0 radical (unpaired) electrons. The number of piperazine rings is 1. The van der Waals surface area contributed by atoms with Gasteiger partial charge in [0.2, 0.25) is 29.5 Å². The number of carbonyl (C=O) groups is 5. The van der Waals surface area contributed by atoms with Gasteiger partial charge in [-0.05, 0) is 79.3 Å². The number of benzene rings is 2. The van der Waals surface area contributed by atoms with E-state index in [2.05, 4.69) is 45.7 Å². The number of unbranched alkanes of at least 4 members (excludes halogenated alkanes) is 9. The van der Waals surface area contributed by atoms with Crippen molar-refractivity contribution in [3.05, 3.63) is 94.5 Å². The SMILES string of the molecule is Cc1ncsc1-c1ccc(CNC(=O)[C@@H]2C[C@@H](O)CN2C(=O)C(NC(=O)CCCCCCCCCCCCC(=O)N2CCN(CC[C@H](NC(=O)C3(N)CCN(c4ncnc5[nH]ccc45)CC3)c3ccc(Cl)cc3)CC2)C(C)(C)C)cc1. The number of nitrogens with two attached hydrogens (primary N) is 1. The Bertz CT molecular complexity index is 2860. The number of fused-ring (bicyclic) bond motifs is 1. The number of aromatic amines is 1. The van der Waals surface area contributed by atoms with E-state index < -0.39 is 29.1 Å². The van der Waals surface area contributed by atoms with Gasteiger partial charge in [-0.3, -0.25) is 28.9 Å². The van der Waals surface area contributed by atoms with Crippen LogP contribution in [-0.2, 0) is 30.5 Å². The van der Waals surface area contributed by atoms with Crippen LogP contribution in [0.4, 0.5) is 5.82 Å². The molecule has 0 aliphatic carbocycles. The zero-order valence-electron chi connectivity index (χ0n) is 47.9. The number of hydrogen-bond donors (Lipinski definition) is 6. The molecular formula is C61H85ClN12O6S. The topological polar surface area (TPSA) is 235 Å². The van der Waals surface area contributed by atoms with Crippen molar-refractivity contribution in [2.75, 3.05) is 57.3 Å². The average molecular weight is 1150 g/mol. The molecule has 3 aliphatic heterocycles. The number of aliphatic hydroxyl groups excluding tert-OH is 1. The van der Waals surface area contributed by atoms with E-state index in [0.717, 1.165) is 128 Å². The number of β-amino-alcohol motifs (C(OH)–C–C–N with tert-alkyl or cyclic N) is 1. The van der Waals surface area contributed by atoms with E-state index in [4.69, 9.17) is 17.3 Å². The van der Waals surface area contributed by atoms with Crippen LogP contribution in [0.3, 0.4) is 0 Å². The van der Waals surface area contributed by atoms with Crippen LogP contribution >= 0.6 is 22.9 Å². The number of aliphatic hydroxyl groups is 1. The van der Waals surface area contributed by atoms with E-state index in [9.17, 15) is 29.1 Å². The molecule has 438 valence electrons. The minimum Gasteiger partial charge on any atom is -0.391 e. The van der Waals surface area contributed by atoms with Crippen LogP contribution in [0.2, 0.25) is 5.02 Å². The summed E-state index contributed by atoms with van der Waals surface area (Å²) in [7, 11) is 0. The van der Waals surface area contributed by atoms with E-state index in [-0.39, 0.29) is 55.1 Å². The van der Waals surface area contributed by atoms with E-state index in [1.165, 1.54) is 4.90 Å². The Morgan fingerprint density at radius 2 is 1.48 bits per heavy atom. The first kappa shape index (κ1) is 61.1. The first-order chi connectivity index (χ1) is 39.0. The number of carbonyl (C=O) groups excluding carboxylic acids is 5. The van der Waals surface area contributed by atoms with E-state index >= 15 is 0 Å². The van der Waals surface area contributed by atoms with Gasteiger partial charge in [-0.2, -0.15) is 0 Å². The number of nitrogens with zero attached hydrogens (tertiary/aromatic N) is 7. The van der Waals surface area contributed by atoms with Gasteiger partial charge in [-0.25, -0.2) is 15.0 Å². The lowest BCUT2D eigenvalue weighted by Crippen LogP contribution is -2.60. The van der Waals surface area contributed by atoms with Gasteiger partial charge in [0.05, 0.1) is 39.2 Å². The van der Waals surface area contributed by atoms with Gasteiger partial charge in [0, 0.05) is 89.4 Å². The normalized spacial score (nSPS) is 18.4. The molecule has 3 aromatic heterocycles. The van der Waals surface area contributed by atoms with Gasteiger partial charge >= 0.3 is 0 Å². The van der Waals surface area contributed by atoms with Gasteiger partial charge in [0.1, 0.15) is 29.9 Å². The van der Waals surface area contributed by atoms with Gasteiger partial charge in [-0.15, -0.1) is 11.3 Å². The molecule has 6 heterocycles. The Labute approximate surface area is 486 Å². The van der Waals surface area contributed by atoms with Crippen LogP contribution in [0, 0.1) is 12.3 Å². The lowest BCUT2D eigenvalue weighted by atomic mass is 9.85. The summed E-state index contributed by atoms with van der Waals surface area (Å²) < 4.78 is 0. The third-order valence-electron chi connectivity index (χ3n) is 16.5. The van der Waals surface area contributed by atoms with Crippen molar-refractivity contribution in [1.29, 1.82) is 0 Å². The Morgan fingerprint density at radius 1 is 0.827 bits per heavy atom. The molecule has 0 saturated carbocycles. The number of aryl methyl sites for hydroxylation is 1. The fourth-order valence-electron chi connectivity index (χ4n) is 11.5. The van der Waals surface area contributed by atoms with Gasteiger partial charge in [0.15, 0.2) is 0 Å². The van der Waals surface area contributed by atoms with Crippen LogP contribution in [0.5, 0.6) is 0 Å². The Balaban J connectivity index is 0.658. The van der Waals surface area contributed by atoms with Crippen LogP contribution in [0.1, 0.15) is 146 Å². The lowest BCUT2D eigenvalue weighted by molar-refractivity contribution is -0.144. The van der Waals surface area contributed by atoms with Crippen LogP contribution < -0.4 is 26.6 Å². The molecule has 5 amide bonds. The molecule has 8 rings (SSSR count). The number of anilines is 1. The molecule has 0 bridgehead atoms. The van der Waals surface area contributed by atoms with Crippen LogP contribution in [0.15, 0.2) is 72.6 Å². The van der Waals surface area contributed by atoms with Gasteiger partial charge in [0.25, 0.3) is 0 Å². The second kappa shape index (κ2) is 28.8. The number of piperidine rings is 1. The smallest absolute Gasteiger partial charge is 0.246 e. The molecule has 7 N–H and O–H groups in total. The van der Waals surface area contributed by atoms with E-state index in [1.807, 2.05) is 98.9 Å². The molecule has 20 heteroatoms. The minimum absolute atomic E-state index is 0.0340. The van der Waals surface area contributed by atoms with Crippen molar-refractivity contribution in [3.63, 3.8) is 0 Å². The highest BCUT2D eigenvalue weighted by Gasteiger charge is 2.45.